The number of hydrogen-bond donors (Lipinski definition) is 1. The minimum Gasteiger partial charge on any atom is -0.233 e. The van der Waals surface area contributed by atoms with Crippen molar-refractivity contribution in [3.63, 3.8) is 0 Å². The first-order valence-corrected chi connectivity index (χ1v) is 2.38. The molecule has 0 unspecified atom stereocenters. The van der Waals surface area contributed by atoms with Gasteiger partial charge in [0.1, 0.15) is 6.07 Å². The molecule has 4 heteroatoms. The van der Waals surface area contributed by atoms with Gasteiger partial charge in [-0.1, -0.05) is 4.99 Å². The molecule has 1 rings (SSSR count). The van der Waals surface area contributed by atoms with Crippen LogP contribution in [0.15, 0.2) is 4.99 Å². The fourth-order valence-corrected chi connectivity index (χ4v) is 0.512. The lowest BCUT2D eigenvalue weighted by Crippen LogP contribution is -2.17. The predicted molar refractivity (Wildman–Crippen MR) is 33.0 cm³/mol. The van der Waals surface area contributed by atoms with Crippen LogP contribution >= 0.6 is 0 Å². The van der Waals surface area contributed by atoms with Crippen molar-refractivity contribution in [2.45, 2.75) is 0 Å². The number of aliphatic imine (C=N–C) groups is 1. The van der Waals surface area contributed by atoms with E-state index in [9.17, 15) is 0 Å². The lowest BCUT2D eigenvalue weighted by Gasteiger charge is -1.83. The van der Waals surface area contributed by atoms with Crippen LogP contribution < -0.4 is 0 Å². The molecule has 1 heterocycles. The molecule has 0 aliphatic carbocycles. The lowest BCUT2D eigenvalue weighted by atomic mass is 10.4. The Balaban J connectivity index is 2.96. The van der Waals surface area contributed by atoms with E-state index in [1.165, 1.54) is 10.9 Å². The second kappa shape index (κ2) is 1.78. The Morgan fingerprint density at radius 2 is 2.56 bits per heavy atom. The van der Waals surface area contributed by atoms with Crippen molar-refractivity contribution in [2.24, 2.45) is 4.99 Å². The maximum absolute atomic E-state index is 8.29. The van der Waals surface area contributed by atoms with Crippen molar-refractivity contribution in [1.29, 1.82) is 10.7 Å². The summed E-state index contributed by atoms with van der Waals surface area (Å²) in [7, 11) is 1.68. The molecule has 9 heavy (non-hydrogen) atoms. The van der Waals surface area contributed by atoms with E-state index < -0.39 is 0 Å². The summed E-state index contributed by atoms with van der Waals surface area (Å²) < 4.78 is 1.48. The van der Waals surface area contributed by atoms with E-state index in [1.54, 1.807) is 13.1 Å². The summed E-state index contributed by atoms with van der Waals surface area (Å²) in [6, 6.07) is 1.80. The van der Waals surface area contributed by atoms with Gasteiger partial charge in [-0.05, 0) is 0 Å². The molecular formula is C5H5N4+. The van der Waals surface area contributed by atoms with Gasteiger partial charge in [0.15, 0.2) is 0 Å². The number of hydrogen-bond acceptors (Lipinski definition) is 3. The first kappa shape index (κ1) is 5.63. The molecule has 44 valence electrons. The van der Waals surface area contributed by atoms with Gasteiger partial charge < -0.3 is 0 Å². The number of rotatable bonds is 0. The average molecular weight is 121 g/mol. The van der Waals surface area contributed by atoms with E-state index in [4.69, 9.17) is 10.7 Å². The van der Waals surface area contributed by atoms with Crippen LogP contribution in [0.25, 0.3) is 0 Å². The zero-order valence-electron chi connectivity index (χ0n) is 4.92. The maximum Gasteiger partial charge on any atom is 0.308 e. The second-order valence-electron chi connectivity index (χ2n) is 1.66. The summed E-state index contributed by atoms with van der Waals surface area (Å²) in [5.74, 6) is 0.164. The van der Waals surface area contributed by atoms with Gasteiger partial charge in [-0.2, -0.15) is 10.7 Å². The summed E-state index contributed by atoms with van der Waals surface area (Å²) >= 11 is 0. The Morgan fingerprint density at radius 3 is 2.78 bits per heavy atom. The fourth-order valence-electron chi connectivity index (χ4n) is 0.512. The molecule has 0 saturated carbocycles. The van der Waals surface area contributed by atoms with Gasteiger partial charge in [0.2, 0.25) is 6.34 Å². The molecule has 4 nitrogen and oxygen atoms in total. The van der Waals surface area contributed by atoms with Crippen LogP contribution in [0.4, 0.5) is 0 Å². The van der Waals surface area contributed by atoms with E-state index in [1.807, 2.05) is 0 Å². The third-order valence-corrected chi connectivity index (χ3v) is 1.04. The maximum atomic E-state index is 8.29. The summed E-state index contributed by atoms with van der Waals surface area (Å²) in [5.41, 5.74) is 0.178. The van der Waals surface area contributed by atoms with Crippen molar-refractivity contribution in [3.8, 4) is 6.07 Å². The molecule has 1 aliphatic heterocycles. The normalized spacial score (nSPS) is 16.7. The van der Waals surface area contributed by atoms with Gasteiger partial charge in [-0.15, -0.1) is 0 Å². The Hall–Kier alpha value is -1.50. The third-order valence-electron chi connectivity index (χ3n) is 1.04. The van der Waals surface area contributed by atoms with Crippen LogP contribution in [-0.4, -0.2) is 29.5 Å². The molecule has 0 amide bonds. The van der Waals surface area contributed by atoms with Crippen molar-refractivity contribution in [3.05, 3.63) is 0 Å². The highest BCUT2D eigenvalue weighted by atomic mass is 15.1. The quantitative estimate of drug-likeness (QED) is 0.436. The lowest BCUT2D eigenvalue weighted by molar-refractivity contribution is -0.360. The third kappa shape index (κ3) is 0.722. The molecule has 0 radical (unpaired) electrons. The molecule has 1 N–H and O–H groups in total. The minimum atomic E-state index is 0.164. The Morgan fingerprint density at radius 1 is 1.89 bits per heavy atom. The molecule has 0 atom stereocenters. The van der Waals surface area contributed by atoms with Crippen LogP contribution in [-0.2, 0) is 0 Å². The molecule has 0 bridgehead atoms. The SMILES string of the molecule is C[N+]1=CN=C(C#N)C1=N. The van der Waals surface area contributed by atoms with Gasteiger partial charge in [-0.25, -0.2) is 4.58 Å². The molecule has 1 aliphatic rings. The second-order valence-corrected chi connectivity index (χ2v) is 1.66. The van der Waals surface area contributed by atoms with Gasteiger partial charge in [-0.3, -0.25) is 0 Å². The van der Waals surface area contributed by atoms with Gasteiger partial charge in [0.25, 0.3) is 5.71 Å². The Labute approximate surface area is 52.3 Å². The van der Waals surface area contributed by atoms with Crippen LogP contribution in [0, 0.1) is 16.7 Å². The number of nitrogens with one attached hydrogen (secondary N) is 1. The van der Waals surface area contributed by atoms with E-state index >= 15 is 0 Å². The van der Waals surface area contributed by atoms with Crippen LogP contribution in [0.3, 0.4) is 0 Å². The first-order chi connectivity index (χ1) is 4.25. The van der Waals surface area contributed by atoms with Crippen molar-refractivity contribution >= 4 is 17.9 Å². The molecule has 0 saturated heterocycles. The number of amidine groups is 1. The first-order valence-electron chi connectivity index (χ1n) is 2.38. The highest BCUT2D eigenvalue weighted by molar-refractivity contribution is 6.46. The van der Waals surface area contributed by atoms with Crippen LogP contribution in [0.1, 0.15) is 0 Å². The van der Waals surface area contributed by atoms with Gasteiger partial charge in [0.05, 0.1) is 7.05 Å². The van der Waals surface area contributed by atoms with Crippen molar-refractivity contribution < 1.29 is 4.58 Å². The molecule has 0 aromatic carbocycles. The molecular weight excluding hydrogens is 116 g/mol. The van der Waals surface area contributed by atoms with E-state index in [0.29, 0.717) is 0 Å². The average Bonchev–Trinajstić information content (AvgIpc) is 2.15. The molecule has 0 aromatic rings. The highest BCUT2D eigenvalue weighted by Crippen LogP contribution is 1.87. The summed E-state index contributed by atoms with van der Waals surface area (Å²) in [4.78, 5) is 3.65. The fraction of sp³-hybridized carbons (Fsp3) is 0.200. The zero-order valence-corrected chi connectivity index (χ0v) is 4.92. The van der Waals surface area contributed by atoms with Crippen LogP contribution in [0.5, 0.6) is 0 Å². The van der Waals surface area contributed by atoms with E-state index in [2.05, 4.69) is 4.99 Å². The van der Waals surface area contributed by atoms with E-state index in [0.717, 1.165) is 0 Å². The van der Waals surface area contributed by atoms with Crippen molar-refractivity contribution in [2.75, 3.05) is 7.05 Å². The molecule has 0 fully saturated rings. The smallest absolute Gasteiger partial charge is 0.233 e. The summed E-state index contributed by atoms with van der Waals surface area (Å²) in [6.45, 7) is 0. The van der Waals surface area contributed by atoms with Gasteiger partial charge >= 0.3 is 5.84 Å². The highest BCUT2D eigenvalue weighted by Gasteiger charge is 2.21. The predicted octanol–water partition coefficient (Wildman–Crippen LogP) is -0.388. The summed E-state index contributed by atoms with van der Waals surface area (Å²) in [5, 5.41) is 15.4. The zero-order chi connectivity index (χ0) is 6.85. The minimum absolute atomic E-state index is 0.164. The molecule has 0 spiro atoms. The summed E-state index contributed by atoms with van der Waals surface area (Å²) in [6.07, 6.45) is 1.45. The Kier molecular flexibility index (Phi) is 1.12. The topological polar surface area (TPSA) is 63.0 Å². The largest absolute Gasteiger partial charge is 0.308 e. The standard InChI is InChI=1S/C5H5N4/c1-9-3-8-4(2-6)5(9)7/h3,7H,1H3/q+1. The molecule has 0 aromatic heterocycles. The van der Waals surface area contributed by atoms with Crippen molar-refractivity contribution in [1.82, 2.24) is 0 Å². The van der Waals surface area contributed by atoms with E-state index in [-0.39, 0.29) is 11.5 Å². The number of nitrogens with zero attached hydrogens (tertiary/aromatic N) is 3. The number of nitriles is 1. The monoisotopic (exact) mass is 121 g/mol. The van der Waals surface area contributed by atoms with Gasteiger partial charge in [0, 0.05) is 0 Å². The Bertz CT molecular complexity index is 253. The van der Waals surface area contributed by atoms with Crippen LogP contribution in [0.2, 0.25) is 0 Å².